The number of rotatable bonds is 5. The summed E-state index contributed by atoms with van der Waals surface area (Å²) in [6.45, 7) is 3.15. The van der Waals surface area contributed by atoms with Gasteiger partial charge in [-0.2, -0.15) is 5.10 Å². The molecule has 1 aromatic carbocycles. The molecular weight excluding hydrogens is 262 g/mol. The van der Waals surface area contributed by atoms with E-state index in [-0.39, 0.29) is 6.04 Å². The van der Waals surface area contributed by atoms with Gasteiger partial charge in [-0.15, -0.1) is 0 Å². The Balaban J connectivity index is 1.94. The lowest BCUT2D eigenvalue weighted by atomic mass is 10.1. The molecule has 110 valence electrons. The van der Waals surface area contributed by atoms with Crippen molar-refractivity contribution in [3.05, 3.63) is 48.0 Å². The number of aromatic nitrogens is 4. The summed E-state index contributed by atoms with van der Waals surface area (Å²) in [7, 11) is 1.91. The highest BCUT2D eigenvalue weighted by Gasteiger charge is 2.15. The highest BCUT2D eigenvalue weighted by atomic mass is 15.2. The van der Waals surface area contributed by atoms with Gasteiger partial charge in [0, 0.05) is 37.8 Å². The van der Waals surface area contributed by atoms with Crippen LogP contribution in [-0.4, -0.2) is 19.3 Å². The first-order chi connectivity index (χ1) is 10.2. The normalized spacial score (nSPS) is 12.9. The van der Waals surface area contributed by atoms with Crippen molar-refractivity contribution in [3.63, 3.8) is 0 Å². The first-order valence-corrected chi connectivity index (χ1v) is 7.37. The van der Waals surface area contributed by atoms with Gasteiger partial charge in [-0.1, -0.05) is 19.1 Å². The topological polar surface area (TPSA) is 61.7 Å². The maximum Gasteiger partial charge on any atom is 0.111 e. The van der Waals surface area contributed by atoms with Crippen molar-refractivity contribution in [1.82, 2.24) is 19.3 Å². The van der Waals surface area contributed by atoms with Gasteiger partial charge in [0.05, 0.1) is 17.2 Å². The fourth-order valence-corrected chi connectivity index (χ4v) is 2.70. The average molecular weight is 283 g/mol. The van der Waals surface area contributed by atoms with E-state index in [1.54, 1.807) is 4.68 Å². The maximum atomic E-state index is 6.32. The predicted molar refractivity (Wildman–Crippen MR) is 83.9 cm³/mol. The molecule has 2 aromatic heterocycles. The van der Waals surface area contributed by atoms with E-state index < -0.39 is 0 Å². The number of benzene rings is 1. The zero-order chi connectivity index (χ0) is 14.8. The SMILES string of the molecule is CCCn1c(CC(N)c2cnn(C)c2)nc2ccccc21. The second-order valence-corrected chi connectivity index (χ2v) is 5.43. The molecule has 5 heteroatoms. The van der Waals surface area contributed by atoms with Crippen LogP contribution in [0.15, 0.2) is 36.7 Å². The summed E-state index contributed by atoms with van der Waals surface area (Å²) in [6.07, 6.45) is 5.60. The van der Waals surface area contributed by atoms with E-state index >= 15 is 0 Å². The molecule has 0 amide bonds. The average Bonchev–Trinajstić information content (AvgIpc) is 3.04. The first kappa shape index (κ1) is 13.8. The van der Waals surface area contributed by atoms with Gasteiger partial charge >= 0.3 is 0 Å². The number of imidazole rings is 1. The molecule has 0 spiro atoms. The molecule has 2 N–H and O–H groups in total. The smallest absolute Gasteiger partial charge is 0.111 e. The zero-order valence-electron chi connectivity index (χ0n) is 12.5. The molecule has 0 saturated carbocycles. The summed E-state index contributed by atoms with van der Waals surface area (Å²) in [4.78, 5) is 4.76. The lowest BCUT2D eigenvalue weighted by Gasteiger charge is -2.11. The van der Waals surface area contributed by atoms with Crippen molar-refractivity contribution < 1.29 is 0 Å². The summed E-state index contributed by atoms with van der Waals surface area (Å²) in [5, 5.41) is 4.19. The highest BCUT2D eigenvalue weighted by Crippen LogP contribution is 2.21. The van der Waals surface area contributed by atoms with Gasteiger partial charge in [-0.05, 0) is 18.6 Å². The van der Waals surface area contributed by atoms with Gasteiger partial charge in [0.25, 0.3) is 0 Å². The molecule has 0 aliphatic carbocycles. The molecule has 3 aromatic rings. The minimum Gasteiger partial charge on any atom is -0.328 e. The zero-order valence-corrected chi connectivity index (χ0v) is 12.5. The second-order valence-electron chi connectivity index (χ2n) is 5.43. The van der Waals surface area contributed by atoms with E-state index in [0.717, 1.165) is 36.3 Å². The summed E-state index contributed by atoms with van der Waals surface area (Å²) in [6, 6.07) is 8.18. The molecular formula is C16H21N5. The van der Waals surface area contributed by atoms with Crippen LogP contribution in [0.4, 0.5) is 0 Å². The Kier molecular flexibility index (Phi) is 3.75. The number of para-hydroxylation sites is 2. The largest absolute Gasteiger partial charge is 0.328 e. The Morgan fingerprint density at radius 2 is 2.10 bits per heavy atom. The van der Waals surface area contributed by atoms with Gasteiger partial charge in [-0.25, -0.2) is 4.98 Å². The summed E-state index contributed by atoms with van der Waals surface area (Å²) < 4.78 is 4.07. The fourth-order valence-electron chi connectivity index (χ4n) is 2.70. The molecule has 5 nitrogen and oxygen atoms in total. The third kappa shape index (κ3) is 2.69. The monoisotopic (exact) mass is 283 g/mol. The molecule has 2 heterocycles. The van der Waals surface area contributed by atoms with E-state index in [1.165, 1.54) is 5.52 Å². The molecule has 3 rings (SSSR count). The fraction of sp³-hybridized carbons (Fsp3) is 0.375. The van der Waals surface area contributed by atoms with Crippen LogP contribution in [-0.2, 0) is 20.0 Å². The minimum absolute atomic E-state index is 0.0777. The predicted octanol–water partition coefficient (Wildman–Crippen LogP) is 2.42. The number of hydrogen-bond donors (Lipinski definition) is 1. The highest BCUT2D eigenvalue weighted by molar-refractivity contribution is 5.75. The summed E-state index contributed by atoms with van der Waals surface area (Å²) in [5.74, 6) is 1.05. The van der Waals surface area contributed by atoms with Crippen molar-refractivity contribution in [2.24, 2.45) is 12.8 Å². The third-order valence-electron chi connectivity index (χ3n) is 3.74. The van der Waals surface area contributed by atoms with Crippen LogP contribution in [0.1, 0.15) is 30.8 Å². The molecule has 0 fully saturated rings. The lowest BCUT2D eigenvalue weighted by Crippen LogP contribution is -2.16. The maximum absolute atomic E-state index is 6.32. The number of aryl methyl sites for hydroxylation is 2. The van der Waals surface area contributed by atoms with Crippen molar-refractivity contribution in [2.45, 2.75) is 32.4 Å². The summed E-state index contributed by atoms with van der Waals surface area (Å²) >= 11 is 0. The lowest BCUT2D eigenvalue weighted by molar-refractivity contribution is 0.609. The van der Waals surface area contributed by atoms with Crippen LogP contribution in [0.5, 0.6) is 0 Å². The van der Waals surface area contributed by atoms with Crippen molar-refractivity contribution in [2.75, 3.05) is 0 Å². The molecule has 21 heavy (non-hydrogen) atoms. The van der Waals surface area contributed by atoms with Crippen molar-refractivity contribution in [3.8, 4) is 0 Å². The number of fused-ring (bicyclic) bond motifs is 1. The molecule has 0 aliphatic heterocycles. The Labute approximate surface area is 124 Å². The van der Waals surface area contributed by atoms with Gasteiger partial charge < -0.3 is 10.3 Å². The molecule has 0 aliphatic rings. The third-order valence-corrected chi connectivity index (χ3v) is 3.74. The summed E-state index contributed by atoms with van der Waals surface area (Å²) in [5.41, 5.74) is 9.60. The second kappa shape index (κ2) is 5.69. The van der Waals surface area contributed by atoms with Crippen LogP contribution in [0, 0.1) is 0 Å². The quantitative estimate of drug-likeness (QED) is 0.782. The van der Waals surface area contributed by atoms with E-state index in [9.17, 15) is 0 Å². The molecule has 0 radical (unpaired) electrons. The van der Waals surface area contributed by atoms with Crippen molar-refractivity contribution >= 4 is 11.0 Å². The van der Waals surface area contributed by atoms with Gasteiger partial charge in [0.15, 0.2) is 0 Å². The Morgan fingerprint density at radius 3 is 2.81 bits per heavy atom. The number of hydrogen-bond acceptors (Lipinski definition) is 3. The number of nitrogens with zero attached hydrogens (tertiary/aromatic N) is 4. The minimum atomic E-state index is -0.0777. The first-order valence-electron chi connectivity index (χ1n) is 7.37. The van der Waals surface area contributed by atoms with E-state index in [2.05, 4.69) is 34.8 Å². The van der Waals surface area contributed by atoms with Gasteiger partial charge in [0.2, 0.25) is 0 Å². The number of nitrogens with two attached hydrogens (primary N) is 1. The van der Waals surface area contributed by atoms with E-state index in [0.29, 0.717) is 0 Å². The Hall–Kier alpha value is -2.14. The Bertz CT molecular complexity index is 740. The molecule has 0 saturated heterocycles. The standard InChI is InChI=1S/C16H21N5/c1-3-8-21-15-7-5-4-6-14(15)19-16(21)9-13(17)12-10-18-20(2)11-12/h4-7,10-11,13H,3,8-9,17H2,1-2H3. The van der Waals surface area contributed by atoms with E-state index in [4.69, 9.17) is 10.7 Å². The molecule has 1 atom stereocenters. The molecule has 0 bridgehead atoms. The van der Waals surface area contributed by atoms with Crippen molar-refractivity contribution in [1.29, 1.82) is 0 Å². The van der Waals surface area contributed by atoms with Gasteiger partial charge in [0.1, 0.15) is 5.82 Å². The van der Waals surface area contributed by atoms with E-state index in [1.807, 2.05) is 25.5 Å². The van der Waals surface area contributed by atoms with Crippen LogP contribution in [0.25, 0.3) is 11.0 Å². The Morgan fingerprint density at radius 1 is 1.29 bits per heavy atom. The van der Waals surface area contributed by atoms with Crippen LogP contribution >= 0.6 is 0 Å². The van der Waals surface area contributed by atoms with Crippen LogP contribution in [0.3, 0.4) is 0 Å². The van der Waals surface area contributed by atoms with Crippen LogP contribution < -0.4 is 5.73 Å². The van der Waals surface area contributed by atoms with Gasteiger partial charge in [-0.3, -0.25) is 4.68 Å². The van der Waals surface area contributed by atoms with Crippen LogP contribution in [0.2, 0.25) is 0 Å². The molecule has 1 unspecified atom stereocenters.